The van der Waals surface area contributed by atoms with Crippen LogP contribution in [0.15, 0.2) is 110 Å². The number of benzene rings is 3. The van der Waals surface area contributed by atoms with Crippen molar-refractivity contribution >= 4 is 24.6 Å². The van der Waals surface area contributed by atoms with Crippen molar-refractivity contribution in [3.05, 3.63) is 121 Å². The van der Waals surface area contributed by atoms with Crippen LogP contribution in [0.4, 0.5) is 0 Å². The SMILES string of the molecule is CC1=C(C)C(C)(C)[C]([Zr+2][CH]2C(P(c3ccccc3)c3ccccc3)=Cc3ccccc32)=C1C.[F-].[F-]. The Bertz CT molecular complexity index is 1250. The summed E-state index contributed by atoms with van der Waals surface area (Å²) in [5.41, 5.74) is 7.88. The molecule has 0 spiro atoms. The minimum Gasteiger partial charge on any atom is -1.00 e. The van der Waals surface area contributed by atoms with Gasteiger partial charge in [-0.1, -0.05) is 0 Å². The molecule has 1 atom stereocenters. The molecule has 0 saturated heterocycles. The molecule has 4 heteroatoms. The molecule has 35 heavy (non-hydrogen) atoms. The van der Waals surface area contributed by atoms with Crippen LogP contribution in [0.5, 0.6) is 0 Å². The van der Waals surface area contributed by atoms with Crippen LogP contribution in [0.2, 0.25) is 0 Å². The van der Waals surface area contributed by atoms with E-state index in [-0.39, 0.29) is 14.8 Å². The fourth-order valence-electron chi connectivity index (χ4n) is 5.28. The van der Waals surface area contributed by atoms with Gasteiger partial charge in [-0.25, -0.2) is 0 Å². The van der Waals surface area contributed by atoms with Crippen molar-refractivity contribution < 1.29 is 32.6 Å². The maximum atomic E-state index is 2.55. The third-order valence-electron chi connectivity index (χ3n) is 7.54. The Morgan fingerprint density at radius 2 is 1.20 bits per heavy atom. The Morgan fingerprint density at radius 3 is 1.71 bits per heavy atom. The average Bonchev–Trinajstić information content (AvgIpc) is 3.26. The third kappa shape index (κ3) is 4.88. The van der Waals surface area contributed by atoms with Gasteiger partial charge in [0.1, 0.15) is 0 Å². The quantitative estimate of drug-likeness (QED) is 0.417. The van der Waals surface area contributed by atoms with Crippen LogP contribution in [-0.2, 0) is 23.2 Å². The minimum absolute atomic E-state index is 0. The van der Waals surface area contributed by atoms with Crippen LogP contribution in [0.3, 0.4) is 0 Å². The third-order valence-corrected chi connectivity index (χ3v) is 16.1. The Hall–Kier alpha value is -1.95. The van der Waals surface area contributed by atoms with Gasteiger partial charge in [-0.05, 0) is 0 Å². The molecule has 5 rings (SSSR count). The van der Waals surface area contributed by atoms with Gasteiger partial charge >= 0.3 is 213 Å². The van der Waals surface area contributed by atoms with E-state index >= 15 is 0 Å². The largest absolute Gasteiger partial charge is 1.00 e. The van der Waals surface area contributed by atoms with Crippen molar-refractivity contribution in [3.8, 4) is 0 Å². The van der Waals surface area contributed by atoms with E-state index in [1.165, 1.54) is 21.7 Å². The summed E-state index contributed by atoms with van der Waals surface area (Å²) in [4.78, 5) is 0. The van der Waals surface area contributed by atoms with E-state index in [1.54, 1.807) is 25.3 Å². The normalized spacial score (nSPS) is 18.0. The van der Waals surface area contributed by atoms with Crippen LogP contribution in [0.1, 0.15) is 49.4 Å². The number of rotatable bonds is 5. The van der Waals surface area contributed by atoms with Gasteiger partial charge in [0, 0.05) is 0 Å². The van der Waals surface area contributed by atoms with Crippen molar-refractivity contribution in [2.24, 2.45) is 5.41 Å². The molecule has 0 aromatic heterocycles. The van der Waals surface area contributed by atoms with E-state index in [1.807, 2.05) is 0 Å². The molecular formula is C31H31F2PZr. The van der Waals surface area contributed by atoms with Gasteiger partial charge < -0.3 is 9.41 Å². The van der Waals surface area contributed by atoms with Crippen LogP contribution in [0.25, 0.3) is 6.08 Å². The van der Waals surface area contributed by atoms with E-state index in [0.717, 1.165) is 0 Å². The van der Waals surface area contributed by atoms with E-state index in [4.69, 9.17) is 0 Å². The summed E-state index contributed by atoms with van der Waals surface area (Å²) < 4.78 is 2.36. The zero-order valence-electron chi connectivity index (χ0n) is 20.9. The van der Waals surface area contributed by atoms with E-state index in [0.29, 0.717) is 3.63 Å². The van der Waals surface area contributed by atoms with Crippen molar-refractivity contribution in [1.82, 2.24) is 0 Å². The predicted molar refractivity (Wildman–Crippen MR) is 141 cm³/mol. The molecule has 178 valence electrons. The van der Waals surface area contributed by atoms with E-state index in [9.17, 15) is 0 Å². The van der Waals surface area contributed by atoms with Crippen molar-refractivity contribution in [1.29, 1.82) is 0 Å². The van der Waals surface area contributed by atoms with Gasteiger partial charge in [-0.15, -0.1) is 0 Å². The predicted octanol–water partition coefficient (Wildman–Crippen LogP) is 1.96. The molecule has 3 aromatic carbocycles. The average molecular weight is 564 g/mol. The molecule has 2 aliphatic carbocycles. The van der Waals surface area contributed by atoms with Gasteiger partial charge in [-0.2, -0.15) is 0 Å². The summed E-state index contributed by atoms with van der Waals surface area (Å²) >= 11 is -0.947. The zero-order chi connectivity index (χ0) is 23.2. The van der Waals surface area contributed by atoms with Crippen LogP contribution < -0.4 is 20.0 Å². The second-order valence-corrected chi connectivity index (χ2v) is 15.2. The summed E-state index contributed by atoms with van der Waals surface area (Å²) in [6, 6.07) is 31.6. The van der Waals surface area contributed by atoms with Crippen molar-refractivity contribution in [3.63, 3.8) is 0 Å². The molecule has 0 bridgehead atoms. The first-order chi connectivity index (χ1) is 15.9. The summed E-state index contributed by atoms with van der Waals surface area (Å²) in [6.45, 7) is 12.0. The van der Waals surface area contributed by atoms with Gasteiger partial charge in [0.2, 0.25) is 0 Å². The fraction of sp³-hybridized carbons (Fsp3) is 0.226. The molecular weight excluding hydrogens is 533 g/mol. The minimum atomic E-state index is -0.947. The van der Waals surface area contributed by atoms with E-state index < -0.39 is 31.2 Å². The first-order valence-electron chi connectivity index (χ1n) is 11.8. The number of fused-ring (bicyclic) bond motifs is 1. The second-order valence-electron chi connectivity index (χ2n) is 9.66. The first-order valence-corrected chi connectivity index (χ1v) is 15.8. The molecule has 0 amide bonds. The molecule has 0 saturated carbocycles. The monoisotopic (exact) mass is 562 g/mol. The Morgan fingerprint density at radius 1 is 0.686 bits per heavy atom. The van der Waals surface area contributed by atoms with Crippen LogP contribution in [0, 0.1) is 5.41 Å². The number of halogens is 2. The zero-order valence-corrected chi connectivity index (χ0v) is 24.3. The molecule has 0 heterocycles. The molecule has 0 fully saturated rings. The summed E-state index contributed by atoms with van der Waals surface area (Å²) in [5, 5.41) is 4.58. The Balaban J connectivity index is 0.00000171. The summed E-state index contributed by atoms with van der Waals surface area (Å²) in [6.07, 6.45) is 2.55. The number of hydrogen-bond donors (Lipinski definition) is 0. The van der Waals surface area contributed by atoms with Crippen molar-refractivity contribution in [2.75, 3.05) is 0 Å². The number of allylic oxidation sites excluding steroid dienone is 5. The van der Waals surface area contributed by atoms with E-state index in [2.05, 4.69) is 126 Å². The Labute approximate surface area is 221 Å². The van der Waals surface area contributed by atoms with Gasteiger partial charge in [0.25, 0.3) is 0 Å². The first kappa shape index (κ1) is 27.6. The van der Waals surface area contributed by atoms with Gasteiger partial charge in [0.15, 0.2) is 0 Å². The molecule has 0 radical (unpaired) electrons. The summed E-state index contributed by atoms with van der Waals surface area (Å²) in [7, 11) is -0.558. The summed E-state index contributed by atoms with van der Waals surface area (Å²) in [5.74, 6) is 0. The maximum Gasteiger partial charge on any atom is -1.00 e. The fourth-order valence-corrected chi connectivity index (χ4v) is 13.8. The molecule has 0 nitrogen and oxygen atoms in total. The second kappa shape index (κ2) is 11.0. The van der Waals surface area contributed by atoms with Crippen LogP contribution in [-0.4, -0.2) is 0 Å². The Kier molecular flexibility index (Phi) is 8.67. The molecule has 0 N–H and O–H groups in total. The molecule has 0 aliphatic heterocycles. The van der Waals surface area contributed by atoms with Crippen LogP contribution >= 0.6 is 7.92 Å². The standard InChI is InChI=1S/C21H16P.C10H15.2FH.Zr/c1-3-11-19(12-4-1)22(20-13-5-2-6-14-20)21-15-17-9-7-8-10-18(17)16-21;1-7-6-10(4,5)9(3)8(7)2;;;/h1-16H;1-5H3;2*1H;/q;;;;+2/p-2. The van der Waals surface area contributed by atoms with Gasteiger partial charge in [-0.3, -0.25) is 0 Å². The topological polar surface area (TPSA) is 0 Å². The molecule has 2 aliphatic rings. The maximum absolute atomic E-state index is 2.55. The molecule has 1 unspecified atom stereocenters. The molecule has 3 aromatic rings. The number of hydrogen-bond acceptors (Lipinski definition) is 0. The smallest absolute Gasteiger partial charge is 1.00 e. The van der Waals surface area contributed by atoms with Gasteiger partial charge in [0.05, 0.1) is 0 Å². The van der Waals surface area contributed by atoms with Crippen molar-refractivity contribution in [2.45, 2.75) is 38.2 Å².